The first-order valence-corrected chi connectivity index (χ1v) is 14.0. The van der Waals surface area contributed by atoms with Crippen molar-refractivity contribution in [3.05, 3.63) is 45.9 Å². The highest BCUT2D eigenvalue weighted by atomic mass is 32.1. The van der Waals surface area contributed by atoms with Crippen LogP contribution in [0, 0.1) is 5.82 Å². The van der Waals surface area contributed by atoms with Crippen LogP contribution in [0.4, 0.5) is 10.1 Å². The molecule has 3 N–H and O–H groups in total. The van der Waals surface area contributed by atoms with Crippen molar-refractivity contribution in [2.45, 2.75) is 25.7 Å². The van der Waals surface area contributed by atoms with E-state index in [1.54, 1.807) is 18.2 Å². The maximum absolute atomic E-state index is 15.4. The summed E-state index contributed by atoms with van der Waals surface area (Å²) in [6, 6.07) is 7.61. The van der Waals surface area contributed by atoms with Gasteiger partial charge in [-0.25, -0.2) is 4.39 Å². The molecule has 0 atom stereocenters. The fraction of sp³-hybridized carbons (Fsp3) is 0.250. The number of amides is 1. The molecule has 0 saturated heterocycles. The summed E-state index contributed by atoms with van der Waals surface area (Å²) in [5.74, 6) is -4.49. The van der Waals surface area contributed by atoms with Crippen molar-refractivity contribution in [1.82, 2.24) is 0 Å². The number of carbonyl (C=O) groups excluding carboxylic acids is 3. The Morgan fingerprint density at radius 1 is 0.786 bits per heavy atom. The molecule has 4 rings (SSSR count). The summed E-state index contributed by atoms with van der Waals surface area (Å²) in [4.78, 5) is 59.6. The number of fused-ring (bicyclic) bond motifs is 2. The Morgan fingerprint density at radius 3 is 1.95 bits per heavy atom. The fourth-order valence-electron chi connectivity index (χ4n) is 4.01. The molecule has 0 aliphatic rings. The quantitative estimate of drug-likeness (QED) is 0.156. The SMILES string of the molecule is COc1cc2sc(C(=O)CCC(=O)O)cc2cc1NC(=O)COc1c(OC)cc2sc(C(=O)CCC(=O)O)cc2c1F. The van der Waals surface area contributed by atoms with Crippen LogP contribution in [0.1, 0.15) is 45.0 Å². The minimum atomic E-state index is -1.12. The molecule has 2 aromatic carbocycles. The van der Waals surface area contributed by atoms with E-state index in [2.05, 4.69) is 5.32 Å². The molecule has 0 unspecified atom stereocenters. The molecule has 14 heteroatoms. The topological polar surface area (TPSA) is 166 Å². The Labute approximate surface area is 245 Å². The van der Waals surface area contributed by atoms with Crippen molar-refractivity contribution in [1.29, 1.82) is 0 Å². The molecule has 0 bridgehead atoms. The number of nitrogens with one attached hydrogen (secondary N) is 1. The molecule has 220 valence electrons. The molecule has 2 aromatic heterocycles. The van der Waals surface area contributed by atoms with Gasteiger partial charge >= 0.3 is 11.9 Å². The van der Waals surface area contributed by atoms with Gasteiger partial charge < -0.3 is 29.7 Å². The number of rotatable bonds is 14. The second-order valence-corrected chi connectivity index (χ2v) is 11.1. The van der Waals surface area contributed by atoms with Gasteiger partial charge in [0.05, 0.1) is 42.5 Å². The molecular formula is C28H24FNO10S2. The van der Waals surface area contributed by atoms with Gasteiger partial charge in [0.25, 0.3) is 5.91 Å². The van der Waals surface area contributed by atoms with Gasteiger partial charge in [-0.1, -0.05) is 0 Å². The van der Waals surface area contributed by atoms with E-state index in [-0.39, 0.29) is 58.9 Å². The third kappa shape index (κ3) is 6.83. The Morgan fingerprint density at radius 2 is 1.36 bits per heavy atom. The summed E-state index contributed by atoms with van der Waals surface area (Å²) in [5, 5.41) is 21.0. The van der Waals surface area contributed by atoms with Gasteiger partial charge in [0, 0.05) is 39.8 Å². The lowest BCUT2D eigenvalue weighted by Gasteiger charge is -2.14. The van der Waals surface area contributed by atoms with Crippen LogP contribution >= 0.6 is 22.7 Å². The molecule has 0 aliphatic carbocycles. The van der Waals surface area contributed by atoms with Gasteiger partial charge in [-0.3, -0.25) is 24.0 Å². The molecule has 0 radical (unpaired) electrons. The molecule has 0 aliphatic heterocycles. The molecule has 0 fully saturated rings. The lowest BCUT2D eigenvalue weighted by molar-refractivity contribution is -0.137. The van der Waals surface area contributed by atoms with Gasteiger partial charge in [0.2, 0.25) is 0 Å². The van der Waals surface area contributed by atoms with Crippen LogP contribution in [0.25, 0.3) is 20.2 Å². The predicted molar refractivity (Wildman–Crippen MR) is 153 cm³/mol. The highest BCUT2D eigenvalue weighted by Gasteiger charge is 2.22. The number of thiophene rings is 2. The number of Topliss-reactive ketones (excluding diaryl/α,β-unsaturated/α-hetero) is 2. The van der Waals surface area contributed by atoms with E-state index in [4.69, 9.17) is 24.4 Å². The lowest BCUT2D eigenvalue weighted by Crippen LogP contribution is -2.21. The van der Waals surface area contributed by atoms with E-state index in [0.717, 1.165) is 11.3 Å². The summed E-state index contributed by atoms with van der Waals surface area (Å²) in [5.41, 5.74) is 0.270. The van der Waals surface area contributed by atoms with Crippen molar-refractivity contribution >= 4 is 77.9 Å². The van der Waals surface area contributed by atoms with Crippen molar-refractivity contribution in [2.75, 3.05) is 26.1 Å². The minimum absolute atomic E-state index is 0.00319. The number of methoxy groups -OCH3 is 2. The Balaban J connectivity index is 1.51. The number of carboxylic acids is 2. The third-order valence-electron chi connectivity index (χ3n) is 6.04. The van der Waals surface area contributed by atoms with Crippen molar-refractivity contribution in [3.8, 4) is 17.2 Å². The Kier molecular flexibility index (Phi) is 9.38. The molecular weight excluding hydrogens is 593 g/mol. The summed E-state index contributed by atoms with van der Waals surface area (Å²) in [6.45, 7) is -0.614. The number of ketones is 2. The summed E-state index contributed by atoms with van der Waals surface area (Å²) < 4.78 is 32.6. The smallest absolute Gasteiger partial charge is 0.303 e. The van der Waals surface area contributed by atoms with Crippen molar-refractivity contribution < 1.29 is 52.8 Å². The number of halogens is 1. The zero-order chi connectivity index (χ0) is 30.6. The highest BCUT2D eigenvalue weighted by molar-refractivity contribution is 7.21. The standard InChI is InChI=1S/C28H24FNO10S2/c1-38-18-10-20-13(8-22(41-20)16(31)3-5-25(34)35)7-15(18)30-24(33)12-40-28-19(39-2)11-21-14(27(28)29)9-23(42-21)17(32)4-6-26(36)37/h7-11H,3-6,12H2,1-2H3,(H,30,33)(H,34,35)(H,36,37). The van der Waals surface area contributed by atoms with Crippen LogP contribution in [-0.2, 0) is 14.4 Å². The largest absolute Gasteiger partial charge is 0.495 e. The number of ether oxygens (including phenoxy) is 3. The molecule has 11 nitrogen and oxygen atoms in total. The molecule has 1 amide bonds. The van der Waals surface area contributed by atoms with Crippen LogP contribution in [0.15, 0.2) is 30.3 Å². The van der Waals surface area contributed by atoms with Crippen LogP contribution < -0.4 is 19.5 Å². The summed E-state index contributed by atoms with van der Waals surface area (Å²) in [6.07, 6.45) is -1.000. The molecule has 0 spiro atoms. The van der Waals surface area contributed by atoms with E-state index in [1.165, 1.54) is 37.7 Å². The first-order valence-electron chi connectivity index (χ1n) is 12.3. The van der Waals surface area contributed by atoms with Crippen molar-refractivity contribution in [2.24, 2.45) is 0 Å². The minimum Gasteiger partial charge on any atom is -0.495 e. The number of carboxylic acid groups (broad SMARTS) is 2. The van der Waals surface area contributed by atoms with Crippen LogP contribution in [0.2, 0.25) is 0 Å². The maximum atomic E-state index is 15.4. The summed E-state index contributed by atoms with van der Waals surface area (Å²) >= 11 is 2.16. The van der Waals surface area contributed by atoms with Gasteiger partial charge in [-0.15, -0.1) is 22.7 Å². The van der Waals surface area contributed by atoms with Crippen LogP contribution in [0.3, 0.4) is 0 Å². The normalized spacial score (nSPS) is 10.9. The van der Waals surface area contributed by atoms with E-state index in [9.17, 15) is 24.0 Å². The number of hydrogen-bond donors (Lipinski definition) is 3. The number of benzene rings is 2. The van der Waals surface area contributed by atoms with Crippen molar-refractivity contribution in [3.63, 3.8) is 0 Å². The third-order valence-corrected chi connectivity index (χ3v) is 8.31. The van der Waals surface area contributed by atoms with Crippen LogP contribution in [0.5, 0.6) is 17.2 Å². The van der Waals surface area contributed by atoms with E-state index in [1.807, 2.05) is 0 Å². The van der Waals surface area contributed by atoms with Gasteiger partial charge in [0.15, 0.2) is 35.5 Å². The Bertz CT molecular complexity index is 1720. The van der Waals surface area contributed by atoms with E-state index >= 15 is 4.39 Å². The lowest BCUT2D eigenvalue weighted by atomic mass is 10.1. The first-order chi connectivity index (χ1) is 20.0. The average Bonchev–Trinajstić information content (AvgIpc) is 3.57. The molecule has 4 aromatic rings. The van der Waals surface area contributed by atoms with E-state index in [0.29, 0.717) is 25.4 Å². The number of aliphatic carboxylic acids is 2. The second-order valence-electron chi connectivity index (χ2n) is 8.92. The zero-order valence-corrected chi connectivity index (χ0v) is 23.9. The second kappa shape index (κ2) is 13.0. The number of carbonyl (C=O) groups is 5. The molecule has 42 heavy (non-hydrogen) atoms. The number of hydrogen-bond acceptors (Lipinski definition) is 10. The Hall–Kier alpha value is -4.56. The first kappa shape index (κ1) is 30.4. The highest BCUT2D eigenvalue weighted by Crippen LogP contribution is 2.40. The number of anilines is 1. The van der Waals surface area contributed by atoms with Gasteiger partial charge in [0.1, 0.15) is 5.75 Å². The van der Waals surface area contributed by atoms with Gasteiger partial charge in [-0.05, 0) is 23.6 Å². The molecule has 0 saturated carbocycles. The zero-order valence-electron chi connectivity index (χ0n) is 22.3. The van der Waals surface area contributed by atoms with Crippen LogP contribution in [-0.4, -0.2) is 60.5 Å². The van der Waals surface area contributed by atoms with E-state index < -0.39 is 36.1 Å². The maximum Gasteiger partial charge on any atom is 0.303 e. The molecule has 2 heterocycles. The predicted octanol–water partition coefficient (Wildman–Crippen LogP) is 5.38. The summed E-state index contributed by atoms with van der Waals surface area (Å²) in [7, 11) is 2.69. The fourth-order valence-corrected chi connectivity index (χ4v) is 6.10. The average molecular weight is 618 g/mol. The monoisotopic (exact) mass is 617 g/mol. The van der Waals surface area contributed by atoms with Gasteiger partial charge in [-0.2, -0.15) is 0 Å².